The van der Waals surface area contributed by atoms with Gasteiger partial charge < -0.3 is 4.74 Å². The summed E-state index contributed by atoms with van der Waals surface area (Å²) in [6.07, 6.45) is 1.74. The third kappa shape index (κ3) is 4.72. The number of amides is 2. The summed E-state index contributed by atoms with van der Waals surface area (Å²) in [4.78, 5) is 27.2. The van der Waals surface area contributed by atoms with Crippen LogP contribution in [0.1, 0.15) is 27.8 Å². The van der Waals surface area contributed by atoms with Crippen LogP contribution in [0.25, 0.3) is 6.08 Å². The molecule has 0 atom stereocenters. The van der Waals surface area contributed by atoms with E-state index in [-0.39, 0.29) is 11.1 Å². The summed E-state index contributed by atoms with van der Waals surface area (Å²) < 4.78 is 5.90. The highest BCUT2D eigenvalue weighted by Crippen LogP contribution is 2.37. The number of hydrogen-bond acceptors (Lipinski definition) is 4. The van der Waals surface area contributed by atoms with Gasteiger partial charge in [-0.25, -0.2) is 4.90 Å². The number of carbonyl (C=O) groups is 2. The Morgan fingerprint density at radius 1 is 0.903 bits per heavy atom. The van der Waals surface area contributed by atoms with Gasteiger partial charge in [-0.3, -0.25) is 9.59 Å². The number of rotatable bonds is 5. The number of hydrogen-bond donors (Lipinski definition) is 0. The molecule has 3 aromatic rings. The van der Waals surface area contributed by atoms with Crippen molar-refractivity contribution in [2.45, 2.75) is 27.4 Å². The number of anilines is 1. The lowest BCUT2D eigenvalue weighted by Crippen LogP contribution is -2.28. The van der Waals surface area contributed by atoms with Crippen LogP contribution in [0, 0.1) is 20.8 Å². The Labute approximate surface area is 186 Å². The lowest BCUT2D eigenvalue weighted by molar-refractivity contribution is -0.113. The molecular formula is C26H23NO3S. The Morgan fingerprint density at radius 3 is 2.39 bits per heavy atom. The Morgan fingerprint density at radius 2 is 1.65 bits per heavy atom. The molecule has 1 aliphatic heterocycles. The molecule has 156 valence electrons. The molecule has 2 amide bonds. The molecule has 31 heavy (non-hydrogen) atoms. The SMILES string of the molecule is Cc1ccc(COc2cccc(/C=C3\SC(=O)N(c4ccc(C)cc4C)C3=O)c2)cc1. The maximum Gasteiger partial charge on any atom is 0.298 e. The van der Waals surface area contributed by atoms with E-state index < -0.39 is 0 Å². The van der Waals surface area contributed by atoms with E-state index in [4.69, 9.17) is 4.74 Å². The van der Waals surface area contributed by atoms with E-state index in [1.54, 1.807) is 6.08 Å². The van der Waals surface area contributed by atoms with Crippen LogP contribution in [0.2, 0.25) is 0 Å². The maximum absolute atomic E-state index is 13.0. The molecule has 4 rings (SSSR count). The van der Waals surface area contributed by atoms with Crippen molar-refractivity contribution in [2.75, 3.05) is 4.90 Å². The van der Waals surface area contributed by atoms with E-state index in [2.05, 4.69) is 19.1 Å². The standard InChI is InChI=1S/C26H23NO3S/c1-17-7-10-20(11-8-17)16-30-22-6-4-5-21(14-22)15-24-25(28)27(26(29)31-24)23-12-9-18(2)13-19(23)3/h4-15H,16H2,1-3H3/b24-15-. The predicted octanol–water partition coefficient (Wildman–Crippen LogP) is 6.43. The van der Waals surface area contributed by atoms with Gasteiger partial charge in [-0.05, 0) is 73.5 Å². The molecule has 1 aliphatic rings. The van der Waals surface area contributed by atoms with E-state index in [1.165, 1.54) is 10.5 Å². The molecule has 0 aromatic heterocycles. The molecule has 5 heteroatoms. The first-order chi connectivity index (χ1) is 14.9. The molecular weight excluding hydrogens is 406 g/mol. The molecule has 1 fully saturated rings. The Hall–Kier alpha value is -3.31. The van der Waals surface area contributed by atoms with Crippen LogP contribution in [0.5, 0.6) is 5.75 Å². The Kier molecular flexibility index (Phi) is 5.96. The van der Waals surface area contributed by atoms with E-state index in [1.807, 2.05) is 68.4 Å². The second kappa shape index (κ2) is 8.82. The normalized spacial score (nSPS) is 15.1. The van der Waals surface area contributed by atoms with Crippen LogP contribution in [-0.2, 0) is 11.4 Å². The molecule has 0 N–H and O–H groups in total. The topological polar surface area (TPSA) is 46.6 Å². The van der Waals surface area contributed by atoms with Crippen LogP contribution < -0.4 is 9.64 Å². The minimum Gasteiger partial charge on any atom is -0.489 e. The average molecular weight is 430 g/mol. The first-order valence-electron chi connectivity index (χ1n) is 10.0. The van der Waals surface area contributed by atoms with Crippen molar-refractivity contribution in [3.8, 4) is 5.75 Å². The highest BCUT2D eigenvalue weighted by molar-refractivity contribution is 8.19. The second-order valence-electron chi connectivity index (χ2n) is 7.65. The van der Waals surface area contributed by atoms with Gasteiger partial charge >= 0.3 is 0 Å². The third-order valence-corrected chi connectivity index (χ3v) is 5.94. The molecule has 0 radical (unpaired) electrons. The van der Waals surface area contributed by atoms with Gasteiger partial charge in [0.2, 0.25) is 0 Å². The van der Waals surface area contributed by atoms with Gasteiger partial charge in [0.25, 0.3) is 11.1 Å². The van der Waals surface area contributed by atoms with Gasteiger partial charge in [0.1, 0.15) is 12.4 Å². The van der Waals surface area contributed by atoms with Crippen molar-refractivity contribution >= 4 is 34.7 Å². The number of carbonyl (C=O) groups excluding carboxylic acids is 2. The highest BCUT2D eigenvalue weighted by Gasteiger charge is 2.36. The smallest absolute Gasteiger partial charge is 0.298 e. The number of benzene rings is 3. The van der Waals surface area contributed by atoms with Gasteiger partial charge in [-0.1, -0.05) is 59.7 Å². The van der Waals surface area contributed by atoms with E-state index >= 15 is 0 Å². The van der Waals surface area contributed by atoms with Crippen LogP contribution in [0.15, 0.2) is 71.6 Å². The van der Waals surface area contributed by atoms with Crippen LogP contribution in [-0.4, -0.2) is 11.1 Å². The van der Waals surface area contributed by atoms with Gasteiger partial charge in [-0.15, -0.1) is 0 Å². The fraction of sp³-hybridized carbons (Fsp3) is 0.154. The number of thioether (sulfide) groups is 1. The zero-order valence-corrected chi connectivity index (χ0v) is 18.5. The summed E-state index contributed by atoms with van der Waals surface area (Å²) >= 11 is 0.959. The summed E-state index contributed by atoms with van der Waals surface area (Å²) in [6.45, 7) is 6.41. The quantitative estimate of drug-likeness (QED) is 0.438. The molecule has 1 saturated heterocycles. The monoisotopic (exact) mass is 429 g/mol. The van der Waals surface area contributed by atoms with Crippen LogP contribution >= 0.6 is 11.8 Å². The molecule has 1 heterocycles. The lowest BCUT2D eigenvalue weighted by atomic mass is 10.1. The average Bonchev–Trinajstić information content (AvgIpc) is 3.01. The number of aryl methyl sites for hydroxylation is 3. The van der Waals surface area contributed by atoms with Gasteiger partial charge in [0, 0.05) is 0 Å². The van der Waals surface area contributed by atoms with Gasteiger partial charge in [-0.2, -0.15) is 0 Å². The van der Waals surface area contributed by atoms with Crippen molar-refractivity contribution in [2.24, 2.45) is 0 Å². The molecule has 0 aliphatic carbocycles. The summed E-state index contributed by atoms with van der Waals surface area (Å²) in [7, 11) is 0. The molecule has 0 bridgehead atoms. The summed E-state index contributed by atoms with van der Waals surface area (Å²) in [5.74, 6) is 0.413. The Balaban J connectivity index is 1.52. The third-order valence-electron chi connectivity index (χ3n) is 5.07. The summed E-state index contributed by atoms with van der Waals surface area (Å²) in [5.41, 5.74) is 5.73. The maximum atomic E-state index is 13.0. The van der Waals surface area contributed by atoms with Crippen molar-refractivity contribution in [1.29, 1.82) is 0 Å². The van der Waals surface area contributed by atoms with Gasteiger partial charge in [0.15, 0.2) is 0 Å². The summed E-state index contributed by atoms with van der Waals surface area (Å²) in [5, 5.41) is -0.282. The zero-order chi connectivity index (χ0) is 22.0. The van der Waals surface area contributed by atoms with Crippen molar-refractivity contribution in [3.05, 3.63) is 99.5 Å². The first-order valence-corrected chi connectivity index (χ1v) is 10.9. The van der Waals surface area contributed by atoms with Crippen molar-refractivity contribution < 1.29 is 14.3 Å². The van der Waals surface area contributed by atoms with Crippen molar-refractivity contribution in [1.82, 2.24) is 0 Å². The lowest BCUT2D eigenvalue weighted by Gasteiger charge is -2.15. The molecule has 0 saturated carbocycles. The molecule has 4 nitrogen and oxygen atoms in total. The number of imide groups is 1. The van der Waals surface area contributed by atoms with Crippen LogP contribution in [0.4, 0.5) is 10.5 Å². The molecule has 0 spiro atoms. The first kappa shape index (κ1) is 20.9. The Bertz CT molecular complexity index is 1180. The molecule has 0 unspecified atom stereocenters. The van der Waals surface area contributed by atoms with E-state index in [0.717, 1.165) is 34.0 Å². The predicted molar refractivity (Wildman–Crippen MR) is 126 cm³/mol. The summed E-state index contributed by atoms with van der Waals surface area (Å²) in [6, 6.07) is 21.4. The van der Waals surface area contributed by atoms with Crippen molar-refractivity contribution in [3.63, 3.8) is 0 Å². The second-order valence-corrected chi connectivity index (χ2v) is 8.65. The highest BCUT2D eigenvalue weighted by atomic mass is 32.2. The number of nitrogens with zero attached hydrogens (tertiary/aromatic N) is 1. The van der Waals surface area contributed by atoms with Gasteiger partial charge in [0.05, 0.1) is 10.6 Å². The fourth-order valence-electron chi connectivity index (χ4n) is 3.43. The van der Waals surface area contributed by atoms with E-state index in [9.17, 15) is 9.59 Å². The molecule has 3 aromatic carbocycles. The fourth-order valence-corrected chi connectivity index (χ4v) is 4.26. The minimum absolute atomic E-state index is 0.282. The minimum atomic E-state index is -0.298. The number of ether oxygens (including phenoxy) is 1. The van der Waals surface area contributed by atoms with E-state index in [0.29, 0.717) is 22.9 Å². The van der Waals surface area contributed by atoms with Crippen LogP contribution in [0.3, 0.4) is 0 Å². The zero-order valence-electron chi connectivity index (χ0n) is 17.7. The largest absolute Gasteiger partial charge is 0.489 e.